The Morgan fingerprint density at radius 1 is 1.20 bits per heavy atom. The van der Waals surface area contributed by atoms with Crippen molar-refractivity contribution in [1.82, 2.24) is 0 Å². The Bertz CT molecular complexity index is 312. The van der Waals surface area contributed by atoms with Gasteiger partial charge in [0.2, 0.25) is 0 Å². The summed E-state index contributed by atoms with van der Waals surface area (Å²) in [5.41, 5.74) is 0. The van der Waals surface area contributed by atoms with Crippen molar-refractivity contribution in [2.24, 2.45) is 0 Å². The van der Waals surface area contributed by atoms with Crippen LogP contribution in [0.1, 0.15) is 12.8 Å². The first-order valence-electron chi connectivity index (χ1n) is 4.46. The third kappa shape index (κ3) is 4.97. The van der Waals surface area contributed by atoms with Crippen molar-refractivity contribution in [3.8, 4) is 5.75 Å². The number of para-hydroxylation sites is 1. The number of halogens is 3. The molecule has 1 rings (SSSR count). The van der Waals surface area contributed by atoms with Crippen molar-refractivity contribution in [1.29, 1.82) is 0 Å². The highest BCUT2D eigenvalue weighted by atomic mass is 32.2. The summed E-state index contributed by atoms with van der Waals surface area (Å²) in [6, 6.07) is 6.63. The molecular formula is C10H11F3OS. The third-order valence-corrected chi connectivity index (χ3v) is 2.88. The summed E-state index contributed by atoms with van der Waals surface area (Å²) >= 11 is 1.24. The Morgan fingerprint density at radius 3 is 2.47 bits per heavy atom. The Hall–Kier alpha value is -0.840. The fourth-order valence-electron chi connectivity index (χ4n) is 1.03. The zero-order valence-corrected chi connectivity index (χ0v) is 8.74. The summed E-state index contributed by atoms with van der Waals surface area (Å²) in [6.45, 7) is 0. The van der Waals surface area contributed by atoms with Gasteiger partial charge in [-0.05, 0) is 24.3 Å². The maximum atomic E-state index is 11.8. The first kappa shape index (κ1) is 12.2. The van der Waals surface area contributed by atoms with E-state index in [9.17, 15) is 18.3 Å². The van der Waals surface area contributed by atoms with Crippen LogP contribution in [0.15, 0.2) is 29.2 Å². The van der Waals surface area contributed by atoms with E-state index in [4.69, 9.17) is 0 Å². The molecule has 0 bridgehead atoms. The summed E-state index contributed by atoms with van der Waals surface area (Å²) in [5.74, 6) is 0.478. The van der Waals surface area contributed by atoms with Crippen LogP contribution in [0.4, 0.5) is 13.2 Å². The number of aromatic hydroxyl groups is 1. The maximum absolute atomic E-state index is 11.8. The van der Waals surface area contributed by atoms with Crippen LogP contribution in [0.25, 0.3) is 0 Å². The molecule has 1 aromatic carbocycles. The minimum absolute atomic E-state index is 0.0719. The molecule has 5 heteroatoms. The summed E-state index contributed by atoms with van der Waals surface area (Å²) in [6.07, 6.45) is -4.78. The molecule has 0 saturated heterocycles. The van der Waals surface area contributed by atoms with E-state index in [-0.39, 0.29) is 12.2 Å². The molecule has 0 aliphatic heterocycles. The van der Waals surface area contributed by atoms with Gasteiger partial charge in [0.1, 0.15) is 5.75 Å². The van der Waals surface area contributed by atoms with E-state index in [0.717, 1.165) is 0 Å². The van der Waals surface area contributed by atoms with Gasteiger partial charge in [0.15, 0.2) is 0 Å². The molecule has 0 amide bonds. The van der Waals surface area contributed by atoms with E-state index in [2.05, 4.69) is 0 Å². The predicted octanol–water partition coefficient (Wildman–Crippen LogP) is 3.83. The SMILES string of the molecule is Oc1ccccc1SCCCC(F)(F)F. The minimum Gasteiger partial charge on any atom is -0.507 e. The second kappa shape index (κ2) is 5.30. The van der Waals surface area contributed by atoms with E-state index < -0.39 is 12.6 Å². The lowest BCUT2D eigenvalue weighted by molar-refractivity contribution is -0.134. The summed E-state index contributed by atoms with van der Waals surface area (Å²) in [4.78, 5) is 0.625. The second-order valence-electron chi connectivity index (χ2n) is 3.03. The number of hydrogen-bond donors (Lipinski definition) is 1. The van der Waals surface area contributed by atoms with Crippen molar-refractivity contribution in [3.63, 3.8) is 0 Å². The predicted molar refractivity (Wildman–Crippen MR) is 54.1 cm³/mol. The topological polar surface area (TPSA) is 20.2 Å². The average Bonchev–Trinajstić information content (AvgIpc) is 2.13. The lowest BCUT2D eigenvalue weighted by Gasteiger charge is -2.06. The van der Waals surface area contributed by atoms with Crippen LogP contribution in [0.2, 0.25) is 0 Å². The van der Waals surface area contributed by atoms with Gasteiger partial charge >= 0.3 is 6.18 Å². The minimum atomic E-state index is -4.08. The monoisotopic (exact) mass is 236 g/mol. The normalized spacial score (nSPS) is 11.7. The lowest BCUT2D eigenvalue weighted by Crippen LogP contribution is -2.06. The van der Waals surface area contributed by atoms with Gasteiger partial charge in [0.25, 0.3) is 0 Å². The Morgan fingerprint density at radius 2 is 1.87 bits per heavy atom. The smallest absolute Gasteiger partial charge is 0.389 e. The molecule has 0 unspecified atom stereocenters. The van der Waals surface area contributed by atoms with Crippen molar-refractivity contribution in [2.45, 2.75) is 23.9 Å². The summed E-state index contributed by atoms with van der Waals surface area (Å²) in [7, 11) is 0. The summed E-state index contributed by atoms with van der Waals surface area (Å²) in [5, 5.41) is 9.33. The van der Waals surface area contributed by atoms with Gasteiger partial charge in [-0.1, -0.05) is 12.1 Å². The highest BCUT2D eigenvalue weighted by molar-refractivity contribution is 7.99. The van der Waals surface area contributed by atoms with Crippen LogP contribution in [0, 0.1) is 0 Å². The Labute approximate surface area is 90.3 Å². The standard InChI is InChI=1S/C10H11F3OS/c11-10(12,13)6-3-7-15-9-5-2-1-4-8(9)14/h1-2,4-5,14H,3,6-7H2. The molecule has 0 aliphatic rings. The van der Waals surface area contributed by atoms with E-state index >= 15 is 0 Å². The molecule has 1 N–H and O–H groups in total. The first-order valence-corrected chi connectivity index (χ1v) is 5.45. The second-order valence-corrected chi connectivity index (χ2v) is 4.17. The highest BCUT2D eigenvalue weighted by Crippen LogP contribution is 2.30. The number of hydrogen-bond acceptors (Lipinski definition) is 2. The number of benzene rings is 1. The number of alkyl halides is 3. The van der Waals surface area contributed by atoms with Crippen LogP contribution >= 0.6 is 11.8 Å². The third-order valence-electron chi connectivity index (χ3n) is 1.73. The molecule has 0 aromatic heterocycles. The molecule has 0 atom stereocenters. The van der Waals surface area contributed by atoms with Crippen LogP contribution < -0.4 is 0 Å². The van der Waals surface area contributed by atoms with E-state index in [1.54, 1.807) is 18.2 Å². The molecule has 1 nitrogen and oxygen atoms in total. The fourth-order valence-corrected chi connectivity index (χ4v) is 1.93. The first-order chi connectivity index (χ1) is 6.99. The van der Waals surface area contributed by atoms with Crippen molar-refractivity contribution in [2.75, 3.05) is 5.75 Å². The summed E-state index contributed by atoms with van der Waals surface area (Å²) < 4.78 is 35.4. The molecule has 0 heterocycles. The van der Waals surface area contributed by atoms with Crippen molar-refractivity contribution in [3.05, 3.63) is 24.3 Å². The maximum Gasteiger partial charge on any atom is 0.389 e. The largest absolute Gasteiger partial charge is 0.507 e. The Balaban J connectivity index is 2.30. The highest BCUT2D eigenvalue weighted by Gasteiger charge is 2.25. The van der Waals surface area contributed by atoms with E-state index in [1.165, 1.54) is 17.8 Å². The van der Waals surface area contributed by atoms with E-state index in [0.29, 0.717) is 10.6 Å². The molecule has 0 aliphatic carbocycles. The van der Waals surface area contributed by atoms with Crippen LogP contribution in [-0.4, -0.2) is 17.0 Å². The number of rotatable bonds is 4. The quantitative estimate of drug-likeness (QED) is 0.633. The molecule has 0 saturated carbocycles. The molecule has 0 spiro atoms. The molecular weight excluding hydrogens is 225 g/mol. The zero-order valence-electron chi connectivity index (χ0n) is 7.92. The molecule has 0 radical (unpaired) electrons. The van der Waals surface area contributed by atoms with Gasteiger partial charge in [0.05, 0.1) is 0 Å². The molecule has 1 aromatic rings. The van der Waals surface area contributed by atoms with Crippen LogP contribution in [0.5, 0.6) is 5.75 Å². The van der Waals surface area contributed by atoms with E-state index in [1.807, 2.05) is 0 Å². The molecule has 84 valence electrons. The Kier molecular flexibility index (Phi) is 4.32. The van der Waals surface area contributed by atoms with Gasteiger partial charge in [-0.25, -0.2) is 0 Å². The zero-order chi connectivity index (χ0) is 11.3. The van der Waals surface area contributed by atoms with Gasteiger partial charge in [-0.15, -0.1) is 11.8 Å². The molecule has 0 fully saturated rings. The van der Waals surface area contributed by atoms with Crippen molar-refractivity contribution >= 4 is 11.8 Å². The number of phenols is 1. The number of thioether (sulfide) groups is 1. The fraction of sp³-hybridized carbons (Fsp3) is 0.400. The average molecular weight is 236 g/mol. The molecule has 15 heavy (non-hydrogen) atoms. The number of phenolic OH excluding ortho intramolecular Hbond substituents is 1. The van der Waals surface area contributed by atoms with Gasteiger partial charge < -0.3 is 5.11 Å². The van der Waals surface area contributed by atoms with Gasteiger partial charge in [0, 0.05) is 11.3 Å². The lowest BCUT2D eigenvalue weighted by atomic mass is 10.3. The van der Waals surface area contributed by atoms with Crippen molar-refractivity contribution < 1.29 is 18.3 Å². The van der Waals surface area contributed by atoms with Crippen LogP contribution in [0.3, 0.4) is 0 Å². The van der Waals surface area contributed by atoms with Crippen LogP contribution in [-0.2, 0) is 0 Å². The van der Waals surface area contributed by atoms with Gasteiger partial charge in [-0.3, -0.25) is 0 Å². The van der Waals surface area contributed by atoms with Gasteiger partial charge in [-0.2, -0.15) is 13.2 Å².